The first kappa shape index (κ1) is 6.39. The molecule has 0 aromatic rings. The second kappa shape index (κ2) is 2.25. The lowest BCUT2D eigenvalue weighted by Crippen LogP contribution is -2.51. The number of nitrogens with one attached hydrogen (secondary N) is 1. The lowest BCUT2D eigenvalue weighted by atomic mass is 10.2. The van der Waals surface area contributed by atoms with E-state index in [4.69, 9.17) is 5.11 Å². The monoisotopic (exact) mass is 135 g/mol. The average Bonchev–Trinajstić information content (AvgIpc) is 1.57. The molecule has 2 unspecified atom stereocenters. The summed E-state index contributed by atoms with van der Waals surface area (Å²) in [5.74, 6) is 0. The minimum atomic E-state index is -0.204. The molecule has 0 bridgehead atoms. The number of rotatable bonds is 1. The van der Waals surface area contributed by atoms with Gasteiger partial charge in [-0.1, -0.05) is 0 Å². The second-order valence-electron chi connectivity index (χ2n) is 2.40. The molecule has 1 aliphatic rings. The molecule has 1 fully saturated rings. The Morgan fingerprint density at radius 1 is 1.62 bits per heavy atom. The van der Waals surface area contributed by atoms with Crippen molar-refractivity contribution >= 4 is 10.9 Å². The predicted octanol–water partition coefficient (Wildman–Crippen LogP) is -0.115. The van der Waals surface area contributed by atoms with E-state index in [9.17, 15) is 0 Å². The van der Waals surface area contributed by atoms with Gasteiger partial charge in [-0.25, -0.2) is 10.9 Å². The van der Waals surface area contributed by atoms with Crippen LogP contribution in [0, 0.1) is 0 Å². The molecule has 0 spiro atoms. The summed E-state index contributed by atoms with van der Waals surface area (Å²) in [4.78, 5) is 0. The number of hydrogen-bond acceptors (Lipinski definition) is 2. The van der Waals surface area contributed by atoms with E-state index in [0.717, 1.165) is 6.42 Å². The maximum Gasteiger partial charge on any atom is 0.107 e. The predicted molar refractivity (Wildman–Crippen MR) is 38.4 cm³/mol. The van der Waals surface area contributed by atoms with Gasteiger partial charge < -0.3 is 5.11 Å². The van der Waals surface area contributed by atoms with Gasteiger partial charge in [-0.2, -0.15) is 0 Å². The molecule has 2 atom stereocenters. The van der Waals surface area contributed by atoms with E-state index in [1.165, 1.54) is 0 Å². The van der Waals surface area contributed by atoms with Crippen LogP contribution in [0.15, 0.2) is 0 Å². The SMILES string of the molecule is C[SH](C)C1CC(O)N1. The van der Waals surface area contributed by atoms with Crippen molar-refractivity contribution in [2.24, 2.45) is 0 Å². The number of aliphatic hydroxyl groups excluding tert-OH is 1. The van der Waals surface area contributed by atoms with Crippen molar-refractivity contribution in [1.82, 2.24) is 5.32 Å². The minimum Gasteiger partial charge on any atom is -0.378 e. The van der Waals surface area contributed by atoms with Crippen molar-refractivity contribution in [2.75, 3.05) is 12.5 Å². The summed E-state index contributed by atoms with van der Waals surface area (Å²) in [6, 6.07) is 0. The van der Waals surface area contributed by atoms with Crippen molar-refractivity contribution in [2.45, 2.75) is 18.0 Å². The molecule has 0 saturated carbocycles. The van der Waals surface area contributed by atoms with Gasteiger partial charge in [-0.05, 0) is 12.5 Å². The molecule has 0 radical (unpaired) electrons. The fraction of sp³-hybridized carbons (Fsp3) is 1.00. The zero-order valence-corrected chi connectivity index (χ0v) is 6.15. The Labute approximate surface area is 52.6 Å². The van der Waals surface area contributed by atoms with E-state index in [1.807, 2.05) is 0 Å². The Kier molecular flexibility index (Phi) is 1.80. The van der Waals surface area contributed by atoms with Gasteiger partial charge in [0.15, 0.2) is 0 Å². The summed E-state index contributed by atoms with van der Waals surface area (Å²) >= 11 is 0. The van der Waals surface area contributed by atoms with Crippen LogP contribution in [0.2, 0.25) is 0 Å². The van der Waals surface area contributed by atoms with Crippen LogP contribution in [-0.4, -0.2) is 29.2 Å². The largest absolute Gasteiger partial charge is 0.378 e. The number of thiol groups is 1. The summed E-state index contributed by atoms with van der Waals surface area (Å²) in [5.41, 5.74) is 0. The van der Waals surface area contributed by atoms with Gasteiger partial charge in [-0.3, -0.25) is 5.32 Å². The van der Waals surface area contributed by atoms with Crippen molar-refractivity contribution in [3.8, 4) is 0 Å². The van der Waals surface area contributed by atoms with E-state index in [1.54, 1.807) is 0 Å². The third-order valence-electron chi connectivity index (χ3n) is 1.45. The molecule has 1 rings (SSSR count). The molecule has 0 aromatic carbocycles. The van der Waals surface area contributed by atoms with Crippen LogP contribution in [0.5, 0.6) is 0 Å². The minimum absolute atomic E-state index is 0.127. The fourth-order valence-corrected chi connectivity index (χ4v) is 1.86. The zero-order valence-electron chi connectivity index (χ0n) is 5.26. The van der Waals surface area contributed by atoms with Crippen LogP contribution in [-0.2, 0) is 0 Å². The standard InChI is InChI=1S/C5H13NOS/c1-8(2)5-3-4(7)6-5/h4-8H,3H2,1-2H3. The molecule has 0 aliphatic carbocycles. The maximum absolute atomic E-state index is 8.77. The van der Waals surface area contributed by atoms with E-state index in [-0.39, 0.29) is 17.1 Å². The molecule has 2 nitrogen and oxygen atoms in total. The Hall–Kier alpha value is 0.270. The van der Waals surface area contributed by atoms with E-state index in [2.05, 4.69) is 17.8 Å². The van der Waals surface area contributed by atoms with Crippen LogP contribution < -0.4 is 5.32 Å². The maximum atomic E-state index is 8.77. The molecule has 1 aliphatic heterocycles. The van der Waals surface area contributed by atoms with E-state index in [0.29, 0.717) is 5.37 Å². The molecule has 2 N–H and O–H groups in total. The first-order valence-corrected chi connectivity index (χ1v) is 5.11. The van der Waals surface area contributed by atoms with Gasteiger partial charge in [0.05, 0.1) is 0 Å². The van der Waals surface area contributed by atoms with Crippen LogP contribution in [0.25, 0.3) is 0 Å². The summed E-state index contributed by atoms with van der Waals surface area (Å²) < 4.78 is 0. The highest BCUT2D eigenvalue weighted by atomic mass is 32.2. The number of hydrogen-bond donors (Lipinski definition) is 3. The highest BCUT2D eigenvalue weighted by molar-refractivity contribution is 8.16. The average molecular weight is 135 g/mol. The Morgan fingerprint density at radius 2 is 2.12 bits per heavy atom. The molecule has 8 heavy (non-hydrogen) atoms. The van der Waals surface area contributed by atoms with Crippen LogP contribution in [0.3, 0.4) is 0 Å². The quantitative estimate of drug-likeness (QED) is 0.438. The van der Waals surface area contributed by atoms with Crippen molar-refractivity contribution < 1.29 is 5.11 Å². The second-order valence-corrected chi connectivity index (χ2v) is 4.95. The van der Waals surface area contributed by atoms with E-state index < -0.39 is 0 Å². The van der Waals surface area contributed by atoms with Gasteiger partial charge in [0.2, 0.25) is 0 Å². The lowest BCUT2D eigenvalue weighted by Gasteiger charge is -2.38. The van der Waals surface area contributed by atoms with E-state index >= 15 is 0 Å². The topological polar surface area (TPSA) is 32.3 Å². The van der Waals surface area contributed by atoms with Crippen molar-refractivity contribution in [3.63, 3.8) is 0 Å². The van der Waals surface area contributed by atoms with Crippen molar-refractivity contribution in [3.05, 3.63) is 0 Å². The highest BCUT2D eigenvalue weighted by Crippen LogP contribution is 2.29. The Morgan fingerprint density at radius 3 is 2.25 bits per heavy atom. The van der Waals surface area contributed by atoms with Gasteiger partial charge in [-0.15, -0.1) is 0 Å². The lowest BCUT2D eigenvalue weighted by molar-refractivity contribution is 0.0622. The molecule has 0 aromatic heterocycles. The van der Waals surface area contributed by atoms with Crippen molar-refractivity contribution in [1.29, 1.82) is 0 Å². The molecular formula is C5H13NOS. The highest BCUT2D eigenvalue weighted by Gasteiger charge is 2.26. The third-order valence-corrected chi connectivity index (χ3v) is 3.06. The third kappa shape index (κ3) is 1.16. The Balaban J connectivity index is 2.15. The van der Waals surface area contributed by atoms with Gasteiger partial charge in [0.25, 0.3) is 0 Å². The normalized spacial score (nSPS) is 38.6. The fourth-order valence-electron chi connectivity index (χ4n) is 0.769. The first-order chi connectivity index (χ1) is 3.70. The summed E-state index contributed by atoms with van der Waals surface area (Å²) in [5, 5.41) is 12.4. The summed E-state index contributed by atoms with van der Waals surface area (Å²) in [7, 11) is 0.127. The van der Waals surface area contributed by atoms with Gasteiger partial charge >= 0.3 is 0 Å². The summed E-state index contributed by atoms with van der Waals surface area (Å²) in [6.45, 7) is 0. The van der Waals surface area contributed by atoms with Gasteiger partial charge in [0, 0.05) is 11.8 Å². The van der Waals surface area contributed by atoms with Gasteiger partial charge in [0.1, 0.15) is 6.23 Å². The molecule has 1 saturated heterocycles. The smallest absolute Gasteiger partial charge is 0.107 e. The van der Waals surface area contributed by atoms with Crippen LogP contribution in [0.1, 0.15) is 6.42 Å². The van der Waals surface area contributed by atoms with Crippen LogP contribution >= 0.6 is 10.9 Å². The summed E-state index contributed by atoms with van der Waals surface area (Å²) in [6.07, 6.45) is 5.20. The first-order valence-electron chi connectivity index (χ1n) is 2.80. The van der Waals surface area contributed by atoms with Crippen LogP contribution in [0.4, 0.5) is 0 Å². The number of aliphatic hydroxyl groups is 1. The Bertz CT molecular complexity index is 80.5. The molecule has 3 heteroatoms. The molecule has 0 amide bonds. The molecule has 50 valence electrons. The molecular weight excluding hydrogens is 122 g/mol. The zero-order chi connectivity index (χ0) is 6.15. The molecule has 1 heterocycles.